The van der Waals surface area contributed by atoms with Gasteiger partial charge in [0, 0.05) is 6.61 Å². The van der Waals surface area contributed by atoms with Crippen LogP contribution in [0.3, 0.4) is 0 Å². The molecular weight excluding hydrogens is 126 g/mol. The van der Waals surface area contributed by atoms with Gasteiger partial charge in [0.2, 0.25) is 0 Å². The molecule has 0 spiro atoms. The van der Waals surface area contributed by atoms with Crippen molar-refractivity contribution in [3.8, 4) is 0 Å². The van der Waals surface area contributed by atoms with Crippen molar-refractivity contribution in [3.05, 3.63) is 0 Å². The van der Waals surface area contributed by atoms with Crippen molar-refractivity contribution < 1.29 is 9.84 Å². The van der Waals surface area contributed by atoms with Gasteiger partial charge in [0.25, 0.3) is 0 Å². The van der Waals surface area contributed by atoms with E-state index in [2.05, 4.69) is 0 Å². The highest BCUT2D eigenvalue weighted by Crippen LogP contribution is 2.36. The molecule has 1 N–H and O–H groups in total. The zero-order valence-electron chi connectivity index (χ0n) is 6.08. The molecule has 3 atom stereocenters. The zero-order valence-corrected chi connectivity index (χ0v) is 6.08. The van der Waals surface area contributed by atoms with E-state index in [1.54, 1.807) is 6.92 Å². The van der Waals surface area contributed by atoms with Gasteiger partial charge in [-0.15, -0.1) is 0 Å². The number of aliphatic hydroxyl groups is 1. The number of rotatable bonds is 1. The van der Waals surface area contributed by atoms with E-state index in [1.807, 2.05) is 0 Å². The fourth-order valence-corrected chi connectivity index (χ4v) is 1.08. The molecule has 52 valence electrons. The summed E-state index contributed by atoms with van der Waals surface area (Å²) < 4.78 is 5.13. The summed E-state index contributed by atoms with van der Waals surface area (Å²) in [6.45, 7) is 2.14. The molecule has 1 heterocycles. The fraction of sp³-hybridized carbons (Fsp3) is 1.00. The van der Waals surface area contributed by atoms with Gasteiger partial charge in [-0.3, -0.25) is 0 Å². The highest BCUT2D eigenvalue weighted by atomic mass is 16.5. The monoisotopic (exact) mass is 136 g/mol. The quantitative estimate of drug-likeness (QED) is 0.500. The van der Waals surface area contributed by atoms with E-state index >= 15 is 0 Å². The van der Waals surface area contributed by atoms with Gasteiger partial charge < -0.3 is 9.84 Å². The summed E-state index contributed by atoms with van der Waals surface area (Å²) in [6, 6.07) is 0. The predicted molar refractivity (Wildman–Crippen MR) is 40.4 cm³/mol. The lowest BCUT2D eigenvalue weighted by atomic mass is 9.66. The average molecular weight is 136 g/mol. The van der Waals surface area contributed by atoms with Gasteiger partial charge in [-0.25, -0.2) is 0 Å². The lowest BCUT2D eigenvalue weighted by molar-refractivity contribution is 0.0538. The minimum atomic E-state index is -0.627. The second-order valence-corrected chi connectivity index (χ2v) is 3.04. The van der Waals surface area contributed by atoms with Crippen molar-refractivity contribution in [3.63, 3.8) is 0 Å². The van der Waals surface area contributed by atoms with Crippen LogP contribution in [-0.4, -0.2) is 39.6 Å². The van der Waals surface area contributed by atoms with Crippen molar-refractivity contribution in [2.75, 3.05) is 6.61 Å². The number of aliphatic hydroxyl groups excluding tert-OH is 1. The maximum absolute atomic E-state index is 9.39. The highest BCUT2D eigenvalue weighted by Gasteiger charge is 2.39. The first-order valence-corrected chi connectivity index (χ1v) is 3.36. The standard InChI is InChI=1S/C6H10B2O2/c1-6(8)3-10-4(2-7)5(6)9/h4-5,9H,2-3H2,1H3. The van der Waals surface area contributed by atoms with Gasteiger partial charge in [-0.05, 0) is 5.31 Å². The van der Waals surface area contributed by atoms with Crippen molar-refractivity contribution in [1.82, 2.24) is 0 Å². The summed E-state index contributed by atoms with van der Waals surface area (Å²) in [5.74, 6) is 0. The van der Waals surface area contributed by atoms with E-state index in [0.29, 0.717) is 12.9 Å². The Labute approximate surface area is 63.8 Å². The molecule has 1 rings (SSSR count). The topological polar surface area (TPSA) is 29.5 Å². The summed E-state index contributed by atoms with van der Waals surface area (Å²) in [4.78, 5) is 0. The van der Waals surface area contributed by atoms with Crippen LogP contribution in [0.25, 0.3) is 0 Å². The van der Waals surface area contributed by atoms with Gasteiger partial charge in [-0.2, -0.15) is 0 Å². The van der Waals surface area contributed by atoms with Crippen LogP contribution in [0.5, 0.6) is 0 Å². The maximum Gasteiger partial charge on any atom is 0.0810 e. The molecule has 10 heavy (non-hydrogen) atoms. The Morgan fingerprint density at radius 2 is 2.40 bits per heavy atom. The molecule has 0 aromatic carbocycles. The highest BCUT2D eigenvalue weighted by molar-refractivity contribution is 6.16. The number of hydrogen-bond acceptors (Lipinski definition) is 2. The lowest BCUT2D eigenvalue weighted by Gasteiger charge is -2.22. The molecule has 2 nitrogen and oxygen atoms in total. The van der Waals surface area contributed by atoms with Crippen molar-refractivity contribution in [2.45, 2.75) is 30.8 Å². The summed E-state index contributed by atoms with van der Waals surface area (Å²) in [5.41, 5.74) is 0. The third-order valence-electron chi connectivity index (χ3n) is 1.87. The predicted octanol–water partition coefficient (Wildman–Crippen LogP) is -0.320. The third-order valence-corrected chi connectivity index (χ3v) is 1.87. The Balaban J connectivity index is 2.58. The molecule has 1 fully saturated rings. The van der Waals surface area contributed by atoms with Crippen molar-refractivity contribution in [1.29, 1.82) is 0 Å². The smallest absolute Gasteiger partial charge is 0.0810 e. The third kappa shape index (κ3) is 1.23. The van der Waals surface area contributed by atoms with E-state index < -0.39 is 11.4 Å². The largest absolute Gasteiger partial charge is 0.391 e. The second-order valence-electron chi connectivity index (χ2n) is 3.04. The Morgan fingerprint density at radius 1 is 1.80 bits per heavy atom. The summed E-state index contributed by atoms with van der Waals surface area (Å²) in [6.07, 6.45) is -0.582. The molecular formula is C6H10B2O2. The first-order chi connectivity index (χ1) is 4.58. The van der Waals surface area contributed by atoms with Gasteiger partial charge in [0.1, 0.15) is 0 Å². The van der Waals surface area contributed by atoms with Crippen LogP contribution in [0.4, 0.5) is 0 Å². The Kier molecular flexibility index (Phi) is 2.11. The molecule has 4 radical (unpaired) electrons. The average Bonchev–Trinajstić information content (AvgIpc) is 2.10. The molecule has 0 saturated carbocycles. The molecule has 0 bridgehead atoms. The SMILES string of the molecule is [B]CC1OCC([B])(C)C1O. The van der Waals surface area contributed by atoms with Crippen molar-refractivity contribution in [2.24, 2.45) is 0 Å². The minimum absolute atomic E-state index is 0.282. The van der Waals surface area contributed by atoms with Crippen LogP contribution < -0.4 is 0 Å². The summed E-state index contributed by atoms with van der Waals surface area (Å²) in [5, 5.41) is 8.77. The van der Waals surface area contributed by atoms with E-state index in [4.69, 9.17) is 20.4 Å². The van der Waals surface area contributed by atoms with Gasteiger partial charge in [0.05, 0.1) is 27.9 Å². The molecule has 1 aliphatic heterocycles. The maximum atomic E-state index is 9.39. The lowest BCUT2D eigenvalue weighted by Crippen LogP contribution is -2.29. The molecule has 1 aliphatic rings. The van der Waals surface area contributed by atoms with E-state index in [9.17, 15) is 5.11 Å². The zero-order chi connectivity index (χ0) is 7.78. The van der Waals surface area contributed by atoms with E-state index in [-0.39, 0.29) is 6.10 Å². The summed E-state index contributed by atoms with van der Waals surface area (Å²) in [7, 11) is 11.0. The van der Waals surface area contributed by atoms with E-state index in [0.717, 1.165) is 0 Å². The second kappa shape index (κ2) is 2.59. The minimum Gasteiger partial charge on any atom is -0.391 e. The molecule has 4 heteroatoms. The van der Waals surface area contributed by atoms with Crippen LogP contribution in [0.2, 0.25) is 11.6 Å². The molecule has 0 aliphatic carbocycles. The van der Waals surface area contributed by atoms with Crippen LogP contribution in [0, 0.1) is 0 Å². The summed E-state index contributed by atoms with van der Waals surface area (Å²) >= 11 is 0. The van der Waals surface area contributed by atoms with Crippen LogP contribution in [0.15, 0.2) is 0 Å². The van der Waals surface area contributed by atoms with Crippen LogP contribution >= 0.6 is 0 Å². The first-order valence-electron chi connectivity index (χ1n) is 3.36. The van der Waals surface area contributed by atoms with Crippen LogP contribution in [-0.2, 0) is 4.74 Å². The Hall–Kier alpha value is 0.0499. The molecule has 3 unspecified atom stereocenters. The fourth-order valence-electron chi connectivity index (χ4n) is 1.08. The molecule has 0 amide bonds. The Morgan fingerprint density at radius 3 is 2.60 bits per heavy atom. The van der Waals surface area contributed by atoms with Crippen molar-refractivity contribution >= 4 is 15.7 Å². The molecule has 0 aromatic rings. The van der Waals surface area contributed by atoms with E-state index in [1.165, 1.54) is 0 Å². The molecule has 0 aromatic heterocycles. The van der Waals surface area contributed by atoms with Gasteiger partial charge >= 0.3 is 0 Å². The number of hydrogen-bond donors (Lipinski definition) is 1. The van der Waals surface area contributed by atoms with Gasteiger partial charge in [-0.1, -0.05) is 13.2 Å². The first kappa shape index (κ1) is 8.15. The normalized spacial score (nSPS) is 47.8. The van der Waals surface area contributed by atoms with Gasteiger partial charge in [0.15, 0.2) is 0 Å². The van der Waals surface area contributed by atoms with Crippen LogP contribution in [0.1, 0.15) is 6.92 Å². The molecule has 1 saturated heterocycles. The Bertz CT molecular complexity index is 127. The number of ether oxygens (including phenoxy) is 1.